The van der Waals surface area contributed by atoms with Crippen LogP contribution in [0.3, 0.4) is 0 Å². The average Bonchev–Trinajstić information content (AvgIpc) is 3.30. The number of oxazole rings is 1. The molecule has 2 aromatic heterocycles. The van der Waals surface area contributed by atoms with E-state index in [1.54, 1.807) is 42.5 Å². The van der Waals surface area contributed by atoms with Crippen LogP contribution in [0.4, 0.5) is 11.7 Å². The molecule has 2 amide bonds. The zero-order chi connectivity index (χ0) is 20.5. The molecule has 7 nitrogen and oxygen atoms in total. The van der Waals surface area contributed by atoms with Crippen molar-refractivity contribution < 1.29 is 18.4 Å². The Hall–Kier alpha value is -3.29. The van der Waals surface area contributed by atoms with Crippen molar-refractivity contribution in [2.45, 2.75) is 6.92 Å². The monoisotopic (exact) mass is 429 g/mol. The fourth-order valence-electron chi connectivity index (χ4n) is 2.72. The van der Waals surface area contributed by atoms with E-state index in [4.69, 9.17) is 32.0 Å². The molecular formula is C20H13Cl2N3O4. The van der Waals surface area contributed by atoms with Gasteiger partial charge in [0.25, 0.3) is 5.91 Å². The number of amides is 2. The first-order chi connectivity index (χ1) is 13.9. The molecule has 0 bridgehead atoms. The second kappa shape index (κ2) is 7.62. The van der Waals surface area contributed by atoms with E-state index in [9.17, 15) is 9.59 Å². The number of carbonyl (C=O) groups is 2. The molecule has 0 aliphatic carbocycles. The van der Waals surface area contributed by atoms with Gasteiger partial charge in [0.2, 0.25) is 5.91 Å². The fraction of sp³-hybridized carbons (Fsp3) is 0.0500. The summed E-state index contributed by atoms with van der Waals surface area (Å²) in [6.07, 6.45) is 0. The molecule has 4 rings (SSSR count). The normalized spacial score (nSPS) is 10.9. The van der Waals surface area contributed by atoms with E-state index >= 15 is 0 Å². The zero-order valence-corrected chi connectivity index (χ0v) is 16.5. The molecule has 0 saturated carbocycles. The maximum atomic E-state index is 12.5. The van der Waals surface area contributed by atoms with Gasteiger partial charge in [0.1, 0.15) is 11.3 Å². The number of hydrogen-bond donors (Lipinski definition) is 2. The SMILES string of the molecule is CC(=O)Nc1ccc2nc(NC(=O)c3ccc(-c4cccc(Cl)c4Cl)o3)oc2c1. The second-order valence-corrected chi connectivity index (χ2v) is 6.89. The van der Waals surface area contributed by atoms with Crippen LogP contribution in [-0.2, 0) is 4.79 Å². The molecule has 0 atom stereocenters. The van der Waals surface area contributed by atoms with Gasteiger partial charge < -0.3 is 14.2 Å². The van der Waals surface area contributed by atoms with Gasteiger partial charge in [-0.15, -0.1) is 0 Å². The lowest BCUT2D eigenvalue weighted by Gasteiger charge is -2.02. The van der Waals surface area contributed by atoms with Crippen molar-refractivity contribution in [3.05, 3.63) is 64.3 Å². The van der Waals surface area contributed by atoms with Crippen LogP contribution >= 0.6 is 23.2 Å². The number of benzene rings is 2. The predicted octanol–water partition coefficient (Wildman–Crippen LogP) is 5.61. The largest absolute Gasteiger partial charge is 0.451 e. The van der Waals surface area contributed by atoms with Crippen molar-refractivity contribution in [2.75, 3.05) is 10.6 Å². The Bertz CT molecular complexity index is 1250. The maximum Gasteiger partial charge on any atom is 0.302 e. The molecule has 29 heavy (non-hydrogen) atoms. The van der Waals surface area contributed by atoms with E-state index < -0.39 is 5.91 Å². The third-order valence-electron chi connectivity index (χ3n) is 3.98. The topological polar surface area (TPSA) is 97.4 Å². The van der Waals surface area contributed by atoms with Crippen molar-refractivity contribution >= 4 is 57.8 Å². The second-order valence-electron chi connectivity index (χ2n) is 6.10. The zero-order valence-electron chi connectivity index (χ0n) is 15.0. The highest BCUT2D eigenvalue weighted by atomic mass is 35.5. The summed E-state index contributed by atoms with van der Waals surface area (Å²) in [5.41, 5.74) is 2.08. The molecule has 2 N–H and O–H groups in total. The van der Waals surface area contributed by atoms with Crippen LogP contribution in [0.5, 0.6) is 0 Å². The van der Waals surface area contributed by atoms with Gasteiger partial charge in [-0.1, -0.05) is 29.3 Å². The predicted molar refractivity (Wildman–Crippen MR) is 110 cm³/mol. The summed E-state index contributed by atoms with van der Waals surface area (Å²) in [6, 6.07) is 13.3. The summed E-state index contributed by atoms with van der Waals surface area (Å²) in [4.78, 5) is 27.8. The Kier molecular flexibility index (Phi) is 5.00. The number of carbonyl (C=O) groups excluding carboxylic acids is 2. The molecule has 0 radical (unpaired) electrons. The quantitative estimate of drug-likeness (QED) is 0.439. The number of rotatable bonds is 4. The van der Waals surface area contributed by atoms with Gasteiger partial charge in [-0.05, 0) is 36.4 Å². The molecule has 0 fully saturated rings. The van der Waals surface area contributed by atoms with Gasteiger partial charge in [0.15, 0.2) is 11.3 Å². The van der Waals surface area contributed by atoms with E-state index in [2.05, 4.69) is 15.6 Å². The number of fused-ring (bicyclic) bond motifs is 1. The summed E-state index contributed by atoms with van der Waals surface area (Å²) in [6.45, 7) is 1.41. The van der Waals surface area contributed by atoms with Crippen molar-refractivity contribution in [3.8, 4) is 11.3 Å². The molecule has 2 aromatic carbocycles. The Balaban J connectivity index is 1.54. The van der Waals surface area contributed by atoms with Gasteiger partial charge >= 0.3 is 6.01 Å². The number of furan rings is 1. The number of hydrogen-bond acceptors (Lipinski definition) is 5. The highest BCUT2D eigenvalue weighted by Gasteiger charge is 2.17. The van der Waals surface area contributed by atoms with Crippen LogP contribution in [0.1, 0.15) is 17.5 Å². The van der Waals surface area contributed by atoms with Gasteiger partial charge in [-0.25, -0.2) is 0 Å². The van der Waals surface area contributed by atoms with Crippen molar-refractivity contribution in [1.29, 1.82) is 0 Å². The molecule has 4 aromatic rings. The third kappa shape index (κ3) is 3.96. The van der Waals surface area contributed by atoms with Crippen molar-refractivity contribution in [2.24, 2.45) is 0 Å². The third-order valence-corrected chi connectivity index (χ3v) is 4.80. The first-order valence-corrected chi connectivity index (χ1v) is 9.20. The number of anilines is 2. The van der Waals surface area contributed by atoms with Crippen LogP contribution in [0.25, 0.3) is 22.4 Å². The lowest BCUT2D eigenvalue weighted by atomic mass is 10.2. The van der Waals surface area contributed by atoms with E-state index in [0.717, 1.165) is 0 Å². The fourth-order valence-corrected chi connectivity index (χ4v) is 3.11. The highest BCUT2D eigenvalue weighted by molar-refractivity contribution is 6.43. The molecule has 0 aliphatic rings. The minimum atomic E-state index is -0.539. The number of aromatic nitrogens is 1. The maximum absolute atomic E-state index is 12.5. The van der Waals surface area contributed by atoms with Crippen LogP contribution < -0.4 is 10.6 Å². The summed E-state index contributed by atoms with van der Waals surface area (Å²) >= 11 is 12.2. The summed E-state index contributed by atoms with van der Waals surface area (Å²) in [7, 11) is 0. The van der Waals surface area contributed by atoms with E-state index in [1.807, 2.05) is 0 Å². The number of halogens is 2. The molecule has 0 saturated heterocycles. The van der Waals surface area contributed by atoms with Crippen LogP contribution in [0, 0.1) is 0 Å². The summed E-state index contributed by atoms with van der Waals surface area (Å²) in [5, 5.41) is 5.92. The Morgan fingerprint density at radius 3 is 2.62 bits per heavy atom. The van der Waals surface area contributed by atoms with Crippen LogP contribution in [0.15, 0.2) is 57.4 Å². The summed E-state index contributed by atoms with van der Waals surface area (Å²) in [5.74, 6) is -0.286. The van der Waals surface area contributed by atoms with E-state index in [0.29, 0.717) is 38.2 Å². The van der Waals surface area contributed by atoms with Crippen LogP contribution in [0.2, 0.25) is 10.0 Å². The number of nitrogens with zero attached hydrogens (tertiary/aromatic N) is 1. The minimum absolute atomic E-state index is 0.00344. The Morgan fingerprint density at radius 2 is 1.83 bits per heavy atom. The Labute approximate surface area is 174 Å². The molecule has 9 heteroatoms. The standard InChI is InChI=1S/C20H13Cl2N3O4/c1-10(26)23-11-5-6-14-17(9-11)29-20(24-14)25-19(27)16-8-7-15(28-16)12-3-2-4-13(21)18(12)22/h2-9H,1H3,(H,23,26)(H,24,25,27). The molecule has 0 aliphatic heterocycles. The first-order valence-electron chi connectivity index (χ1n) is 8.44. The molecular weight excluding hydrogens is 417 g/mol. The Morgan fingerprint density at radius 1 is 1.00 bits per heavy atom. The van der Waals surface area contributed by atoms with E-state index in [-0.39, 0.29) is 17.7 Å². The molecule has 2 heterocycles. The van der Waals surface area contributed by atoms with E-state index in [1.165, 1.54) is 13.0 Å². The average molecular weight is 430 g/mol. The molecule has 0 spiro atoms. The lowest BCUT2D eigenvalue weighted by Crippen LogP contribution is -2.10. The molecule has 0 unspecified atom stereocenters. The van der Waals surface area contributed by atoms with Crippen molar-refractivity contribution in [1.82, 2.24) is 4.98 Å². The lowest BCUT2D eigenvalue weighted by molar-refractivity contribution is -0.114. The number of nitrogens with one attached hydrogen (secondary N) is 2. The smallest absolute Gasteiger partial charge is 0.302 e. The highest BCUT2D eigenvalue weighted by Crippen LogP contribution is 2.34. The van der Waals surface area contributed by atoms with Gasteiger partial charge in [0.05, 0.1) is 10.0 Å². The van der Waals surface area contributed by atoms with Crippen molar-refractivity contribution in [3.63, 3.8) is 0 Å². The van der Waals surface area contributed by atoms with Gasteiger partial charge in [0, 0.05) is 24.2 Å². The first kappa shape index (κ1) is 19.0. The van der Waals surface area contributed by atoms with Gasteiger partial charge in [-0.2, -0.15) is 4.98 Å². The van der Waals surface area contributed by atoms with Gasteiger partial charge in [-0.3, -0.25) is 14.9 Å². The minimum Gasteiger partial charge on any atom is -0.451 e. The molecule has 146 valence electrons. The summed E-state index contributed by atoms with van der Waals surface area (Å²) < 4.78 is 11.1. The van der Waals surface area contributed by atoms with Crippen LogP contribution in [-0.4, -0.2) is 16.8 Å².